The highest BCUT2D eigenvalue weighted by Crippen LogP contribution is 2.22. The summed E-state index contributed by atoms with van der Waals surface area (Å²) in [5.74, 6) is -1.89. The maximum Gasteiger partial charge on any atom is 0.256 e. The lowest BCUT2D eigenvalue weighted by Gasteiger charge is -2.30. The minimum atomic E-state index is -0.729. The Balaban J connectivity index is 2.25. The maximum absolute atomic E-state index is 13.7. The fourth-order valence-corrected chi connectivity index (χ4v) is 2.37. The third-order valence-electron chi connectivity index (χ3n) is 2.99. The molecule has 2 N–H and O–H groups in total. The van der Waals surface area contributed by atoms with Gasteiger partial charge in [-0.05, 0) is 40.9 Å². The van der Waals surface area contributed by atoms with Gasteiger partial charge in [-0.2, -0.15) is 0 Å². The molecule has 0 aromatic heterocycles. The van der Waals surface area contributed by atoms with Gasteiger partial charge in [-0.3, -0.25) is 4.79 Å². The molecular weight excluding hydrogens is 306 g/mol. The Labute approximate surface area is 112 Å². The molecule has 2 rings (SSSR count). The van der Waals surface area contributed by atoms with Crippen LogP contribution in [0.25, 0.3) is 0 Å². The summed E-state index contributed by atoms with van der Waals surface area (Å²) in [6.45, 7) is 0.916. The molecule has 1 aliphatic heterocycles. The second-order valence-corrected chi connectivity index (χ2v) is 5.25. The summed E-state index contributed by atoms with van der Waals surface area (Å²) in [4.78, 5) is 13.6. The van der Waals surface area contributed by atoms with Crippen molar-refractivity contribution in [1.82, 2.24) is 4.90 Å². The first-order valence-electron chi connectivity index (χ1n) is 5.68. The van der Waals surface area contributed by atoms with E-state index in [1.807, 2.05) is 0 Å². The van der Waals surface area contributed by atoms with E-state index in [9.17, 15) is 13.6 Å². The molecule has 0 unspecified atom stereocenters. The third kappa shape index (κ3) is 2.70. The van der Waals surface area contributed by atoms with Crippen LogP contribution in [-0.4, -0.2) is 29.9 Å². The van der Waals surface area contributed by atoms with Gasteiger partial charge in [0, 0.05) is 19.1 Å². The Morgan fingerprint density at radius 3 is 2.78 bits per heavy atom. The fourth-order valence-electron chi connectivity index (χ4n) is 2.05. The molecule has 1 aromatic rings. The molecule has 0 bridgehead atoms. The number of likely N-dealkylation sites (tertiary alicyclic amines) is 1. The predicted molar refractivity (Wildman–Crippen MR) is 67.2 cm³/mol. The number of piperidine rings is 1. The Morgan fingerprint density at radius 2 is 2.11 bits per heavy atom. The van der Waals surface area contributed by atoms with Gasteiger partial charge in [-0.25, -0.2) is 8.78 Å². The van der Waals surface area contributed by atoms with Gasteiger partial charge in [0.05, 0.1) is 10.0 Å². The number of hydrogen-bond acceptors (Lipinski definition) is 2. The summed E-state index contributed by atoms with van der Waals surface area (Å²) < 4.78 is 27.0. The first-order valence-corrected chi connectivity index (χ1v) is 6.47. The van der Waals surface area contributed by atoms with Gasteiger partial charge >= 0.3 is 0 Å². The molecule has 98 valence electrons. The molecule has 1 atom stereocenters. The summed E-state index contributed by atoms with van der Waals surface area (Å²) >= 11 is 2.87. The van der Waals surface area contributed by atoms with E-state index in [0.717, 1.165) is 25.0 Å². The Bertz CT molecular complexity index is 481. The van der Waals surface area contributed by atoms with Crippen molar-refractivity contribution < 1.29 is 13.6 Å². The predicted octanol–water partition coefficient (Wildman–Crippen LogP) is 2.29. The Kier molecular flexibility index (Phi) is 3.97. The molecule has 3 nitrogen and oxygen atoms in total. The average Bonchev–Trinajstić information content (AvgIpc) is 2.33. The SMILES string of the molecule is N[C@H]1CCCN(C(=O)c2cc(F)c(Br)cc2F)C1. The van der Waals surface area contributed by atoms with Crippen LogP contribution in [0.1, 0.15) is 23.2 Å². The minimum absolute atomic E-state index is 0.00638. The summed E-state index contributed by atoms with van der Waals surface area (Å²) in [5, 5.41) is 0. The first kappa shape index (κ1) is 13.4. The molecular formula is C12H13BrF2N2O. The van der Waals surface area contributed by atoms with Crippen molar-refractivity contribution in [2.45, 2.75) is 18.9 Å². The zero-order chi connectivity index (χ0) is 13.3. The van der Waals surface area contributed by atoms with Crippen molar-refractivity contribution in [2.75, 3.05) is 13.1 Å². The maximum atomic E-state index is 13.7. The summed E-state index contributed by atoms with van der Waals surface area (Å²) in [7, 11) is 0. The smallest absolute Gasteiger partial charge is 0.256 e. The number of hydrogen-bond donors (Lipinski definition) is 1. The number of benzene rings is 1. The van der Waals surface area contributed by atoms with E-state index < -0.39 is 17.5 Å². The van der Waals surface area contributed by atoms with Crippen LogP contribution in [0, 0.1) is 11.6 Å². The number of nitrogens with zero attached hydrogens (tertiary/aromatic N) is 1. The number of carbonyl (C=O) groups is 1. The van der Waals surface area contributed by atoms with E-state index in [4.69, 9.17) is 5.73 Å². The molecule has 0 saturated carbocycles. The molecule has 1 heterocycles. The number of nitrogens with two attached hydrogens (primary N) is 1. The van der Waals surface area contributed by atoms with Gasteiger partial charge < -0.3 is 10.6 Å². The van der Waals surface area contributed by atoms with Crippen molar-refractivity contribution in [3.05, 3.63) is 33.8 Å². The number of carbonyl (C=O) groups excluding carboxylic acids is 1. The van der Waals surface area contributed by atoms with Crippen molar-refractivity contribution >= 4 is 21.8 Å². The Hall–Kier alpha value is -1.01. The zero-order valence-electron chi connectivity index (χ0n) is 9.63. The quantitative estimate of drug-likeness (QED) is 0.808. The fraction of sp³-hybridized carbons (Fsp3) is 0.417. The molecule has 0 aliphatic carbocycles. The van der Waals surface area contributed by atoms with Crippen LogP contribution in [-0.2, 0) is 0 Å². The van der Waals surface area contributed by atoms with E-state index in [2.05, 4.69) is 15.9 Å². The highest BCUT2D eigenvalue weighted by atomic mass is 79.9. The van der Waals surface area contributed by atoms with Gasteiger partial charge in [0.15, 0.2) is 0 Å². The second-order valence-electron chi connectivity index (χ2n) is 4.40. The molecule has 0 radical (unpaired) electrons. The van der Waals surface area contributed by atoms with Crippen molar-refractivity contribution in [1.29, 1.82) is 0 Å². The molecule has 1 aliphatic rings. The Morgan fingerprint density at radius 1 is 1.39 bits per heavy atom. The third-order valence-corrected chi connectivity index (χ3v) is 3.59. The average molecular weight is 319 g/mol. The van der Waals surface area contributed by atoms with E-state index in [1.165, 1.54) is 4.90 Å². The van der Waals surface area contributed by atoms with Gasteiger partial charge in [0.2, 0.25) is 0 Å². The molecule has 1 saturated heterocycles. The summed E-state index contributed by atoms with van der Waals surface area (Å²) in [6, 6.07) is 1.79. The van der Waals surface area contributed by atoms with Crippen LogP contribution in [0.2, 0.25) is 0 Å². The zero-order valence-corrected chi connectivity index (χ0v) is 11.2. The summed E-state index contributed by atoms with van der Waals surface area (Å²) in [5.41, 5.74) is 5.52. The number of amides is 1. The van der Waals surface area contributed by atoms with Crippen LogP contribution in [0.5, 0.6) is 0 Å². The minimum Gasteiger partial charge on any atom is -0.337 e. The monoisotopic (exact) mass is 318 g/mol. The van der Waals surface area contributed by atoms with Gasteiger partial charge in [-0.1, -0.05) is 0 Å². The molecule has 1 fully saturated rings. The lowest BCUT2D eigenvalue weighted by molar-refractivity contribution is 0.0703. The highest BCUT2D eigenvalue weighted by Gasteiger charge is 2.25. The van der Waals surface area contributed by atoms with Crippen LogP contribution >= 0.6 is 15.9 Å². The van der Waals surface area contributed by atoms with Gasteiger partial charge in [-0.15, -0.1) is 0 Å². The van der Waals surface area contributed by atoms with Crippen LogP contribution in [0.3, 0.4) is 0 Å². The number of halogens is 3. The number of rotatable bonds is 1. The molecule has 1 amide bonds. The van der Waals surface area contributed by atoms with Crippen LogP contribution in [0.15, 0.2) is 16.6 Å². The lowest BCUT2D eigenvalue weighted by atomic mass is 10.1. The van der Waals surface area contributed by atoms with Crippen LogP contribution in [0.4, 0.5) is 8.78 Å². The molecule has 1 aromatic carbocycles. The summed E-state index contributed by atoms with van der Waals surface area (Å²) in [6.07, 6.45) is 1.63. The largest absolute Gasteiger partial charge is 0.337 e. The molecule has 0 spiro atoms. The van der Waals surface area contributed by atoms with Crippen molar-refractivity contribution in [2.24, 2.45) is 5.73 Å². The van der Waals surface area contributed by atoms with E-state index in [0.29, 0.717) is 13.1 Å². The van der Waals surface area contributed by atoms with E-state index in [-0.39, 0.29) is 16.1 Å². The normalized spacial score (nSPS) is 20.0. The van der Waals surface area contributed by atoms with Crippen molar-refractivity contribution in [3.63, 3.8) is 0 Å². The van der Waals surface area contributed by atoms with Crippen molar-refractivity contribution in [3.8, 4) is 0 Å². The molecule has 6 heteroatoms. The van der Waals surface area contributed by atoms with E-state index >= 15 is 0 Å². The molecule has 18 heavy (non-hydrogen) atoms. The van der Waals surface area contributed by atoms with E-state index in [1.54, 1.807) is 0 Å². The first-order chi connectivity index (χ1) is 8.49. The van der Waals surface area contributed by atoms with Crippen LogP contribution < -0.4 is 5.73 Å². The highest BCUT2D eigenvalue weighted by molar-refractivity contribution is 9.10. The lowest BCUT2D eigenvalue weighted by Crippen LogP contribution is -2.45. The topological polar surface area (TPSA) is 46.3 Å². The van der Waals surface area contributed by atoms with Gasteiger partial charge in [0.1, 0.15) is 11.6 Å². The van der Waals surface area contributed by atoms with Gasteiger partial charge in [0.25, 0.3) is 5.91 Å². The standard InChI is InChI=1S/C12H13BrF2N2O/c13-9-5-10(14)8(4-11(9)15)12(18)17-3-1-2-7(16)6-17/h4-5,7H,1-3,6,16H2/t7-/m0/s1. The second kappa shape index (κ2) is 5.32.